The molecule has 0 aliphatic carbocycles. The molecule has 2 aromatic rings. The van der Waals surface area contributed by atoms with Crippen molar-refractivity contribution in [1.82, 2.24) is 0 Å². The fraction of sp³-hybridized carbons (Fsp3) is 0.231. The van der Waals surface area contributed by atoms with Crippen molar-refractivity contribution < 1.29 is 4.42 Å². The monoisotopic (exact) mass is 357 g/mol. The van der Waals surface area contributed by atoms with Crippen LogP contribution in [0.2, 0.25) is 0 Å². The molecule has 0 radical (unpaired) electrons. The average molecular weight is 359 g/mol. The highest BCUT2D eigenvalue weighted by atomic mass is 79.9. The normalized spacial score (nSPS) is 10.5. The summed E-state index contributed by atoms with van der Waals surface area (Å²) < 4.78 is 7.16. The predicted molar refractivity (Wildman–Crippen MR) is 77.3 cm³/mol. The van der Waals surface area contributed by atoms with E-state index in [2.05, 4.69) is 68.4 Å². The Bertz CT molecular complexity index is 471. The number of aryl methyl sites for hydroxylation is 1. The molecule has 0 atom stereocenters. The minimum atomic E-state index is 0.676. The van der Waals surface area contributed by atoms with Crippen LogP contribution in [0.3, 0.4) is 0 Å². The van der Waals surface area contributed by atoms with Gasteiger partial charge in [0.1, 0.15) is 5.76 Å². The van der Waals surface area contributed by atoms with Gasteiger partial charge in [0, 0.05) is 5.69 Å². The SMILES string of the molecule is CCc1ccc(NCc2cc(Br)c(Br)o2)cc1. The Morgan fingerprint density at radius 3 is 2.41 bits per heavy atom. The highest BCUT2D eigenvalue weighted by Crippen LogP contribution is 2.27. The molecule has 1 aromatic carbocycles. The molecule has 0 fully saturated rings. The molecule has 2 rings (SSSR count). The Labute approximate surface area is 118 Å². The predicted octanol–water partition coefficient (Wildman–Crippen LogP) is 4.98. The van der Waals surface area contributed by atoms with Crippen LogP contribution in [0.15, 0.2) is 43.9 Å². The first kappa shape index (κ1) is 12.7. The topological polar surface area (TPSA) is 25.2 Å². The highest BCUT2D eigenvalue weighted by molar-refractivity contribution is 9.13. The van der Waals surface area contributed by atoms with Gasteiger partial charge in [0.15, 0.2) is 4.67 Å². The van der Waals surface area contributed by atoms with E-state index in [1.54, 1.807) is 0 Å². The summed E-state index contributed by atoms with van der Waals surface area (Å²) >= 11 is 6.71. The van der Waals surface area contributed by atoms with E-state index in [-0.39, 0.29) is 0 Å². The van der Waals surface area contributed by atoms with Gasteiger partial charge in [-0.2, -0.15) is 0 Å². The molecule has 4 heteroatoms. The molecule has 1 aromatic heterocycles. The lowest BCUT2D eigenvalue weighted by Gasteiger charge is -2.05. The summed E-state index contributed by atoms with van der Waals surface area (Å²) in [5.41, 5.74) is 2.45. The van der Waals surface area contributed by atoms with E-state index in [4.69, 9.17) is 4.42 Å². The third kappa shape index (κ3) is 3.36. The molecule has 1 heterocycles. The largest absolute Gasteiger partial charge is 0.451 e. The van der Waals surface area contributed by atoms with Crippen molar-refractivity contribution in [3.8, 4) is 0 Å². The maximum atomic E-state index is 5.49. The van der Waals surface area contributed by atoms with Gasteiger partial charge in [0.2, 0.25) is 0 Å². The van der Waals surface area contributed by atoms with Gasteiger partial charge in [-0.05, 0) is 62.0 Å². The zero-order valence-corrected chi connectivity index (χ0v) is 12.6. The van der Waals surface area contributed by atoms with Crippen LogP contribution in [0.5, 0.6) is 0 Å². The second kappa shape index (κ2) is 5.74. The molecular weight excluding hydrogens is 346 g/mol. The third-order valence-electron chi connectivity index (χ3n) is 2.53. The summed E-state index contributed by atoms with van der Waals surface area (Å²) in [6, 6.07) is 10.4. The van der Waals surface area contributed by atoms with Crippen LogP contribution in [0.4, 0.5) is 5.69 Å². The van der Waals surface area contributed by atoms with Crippen molar-refractivity contribution in [1.29, 1.82) is 0 Å². The Hall–Kier alpha value is -0.740. The van der Waals surface area contributed by atoms with Gasteiger partial charge in [0.05, 0.1) is 11.0 Å². The first-order chi connectivity index (χ1) is 8.19. The minimum absolute atomic E-state index is 0.676. The first-order valence-electron chi connectivity index (χ1n) is 5.45. The van der Waals surface area contributed by atoms with Gasteiger partial charge < -0.3 is 9.73 Å². The van der Waals surface area contributed by atoms with Gasteiger partial charge in [-0.1, -0.05) is 19.1 Å². The maximum Gasteiger partial charge on any atom is 0.183 e. The van der Waals surface area contributed by atoms with Crippen LogP contribution in [-0.2, 0) is 13.0 Å². The van der Waals surface area contributed by atoms with E-state index in [0.29, 0.717) is 6.54 Å². The van der Waals surface area contributed by atoms with Gasteiger partial charge in [0.25, 0.3) is 0 Å². The molecule has 0 amide bonds. The Morgan fingerprint density at radius 1 is 1.18 bits per heavy atom. The highest BCUT2D eigenvalue weighted by Gasteiger charge is 2.05. The van der Waals surface area contributed by atoms with Gasteiger partial charge >= 0.3 is 0 Å². The Balaban J connectivity index is 1.97. The fourth-order valence-electron chi connectivity index (χ4n) is 1.53. The van der Waals surface area contributed by atoms with Crippen LogP contribution >= 0.6 is 31.9 Å². The molecule has 90 valence electrons. The van der Waals surface area contributed by atoms with Crippen molar-refractivity contribution in [3.63, 3.8) is 0 Å². The van der Waals surface area contributed by atoms with Crippen molar-refractivity contribution in [2.45, 2.75) is 19.9 Å². The summed E-state index contributed by atoms with van der Waals surface area (Å²) in [6.45, 7) is 2.83. The molecule has 0 unspecified atom stereocenters. The van der Waals surface area contributed by atoms with E-state index in [9.17, 15) is 0 Å². The number of halogens is 2. The molecule has 0 aliphatic heterocycles. The summed E-state index contributed by atoms with van der Waals surface area (Å²) in [7, 11) is 0. The van der Waals surface area contributed by atoms with Crippen molar-refractivity contribution in [2.75, 3.05) is 5.32 Å². The van der Waals surface area contributed by atoms with E-state index >= 15 is 0 Å². The van der Waals surface area contributed by atoms with E-state index in [1.807, 2.05) is 6.07 Å². The molecule has 0 aliphatic rings. The van der Waals surface area contributed by atoms with Crippen LogP contribution in [-0.4, -0.2) is 0 Å². The molecule has 2 nitrogen and oxygen atoms in total. The smallest absolute Gasteiger partial charge is 0.183 e. The van der Waals surface area contributed by atoms with E-state index in [0.717, 1.165) is 27.0 Å². The molecule has 0 bridgehead atoms. The Morgan fingerprint density at radius 2 is 1.88 bits per heavy atom. The molecule has 0 saturated heterocycles. The number of hydrogen-bond acceptors (Lipinski definition) is 2. The maximum absolute atomic E-state index is 5.49. The summed E-state index contributed by atoms with van der Waals surface area (Å²) in [6.07, 6.45) is 1.07. The second-order valence-corrected chi connectivity index (χ2v) is 5.31. The molecule has 1 N–H and O–H groups in total. The lowest BCUT2D eigenvalue weighted by Crippen LogP contribution is -1.97. The fourth-order valence-corrected chi connectivity index (χ4v) is 2.18. The van der Waals surface area contributed by atoms with Gasteiger partial charge in [-0.3, -0.25) is 0 Å². The minimum Gasteiger partial charge on any atom is -0.451 e. The molecular formula is C13H13Br2NO. The number of rotatable bonds is 4. The molecule has 0 spiro atoms. The summed E-state index contributed by atoms with van der Waals surface area (Å²) in [4.78, 5) is 0. The average Bonchev–Trinajstić information content (AvgIpc) is 2.67. The van der Waals surface area contributed by atoms with Crippen LogP contribution in [0, 0.1) is 0 Å². The van der Waals surface area contributed by atoms with Gasteiger partial charge in [-0.25, -0.2) is 0 Å². The van der Waals surface area contributed by atoms with Crippen molar-refractivity contribution in [2.24, 2.45) is 0 Å². The molecule has 17 heavy (non-hydrogen) atoms. The van der Waals surface area contributed by atoms with Crippen LogP contribution in [0.25, 0.3) is 0 Å². The quantitative estimate of drug-likeness (QED) is 0.833. The summed E-state index contributed by atoms with van der Waals surface area (Å²) in [5.74, 6) is 0.892. The number of anilines is 1. The van der Waals surface area contributed by atoms with E-state index in [1.165, 1.54) is 5.56 Å². The zero-order valence-electron chi connectivity index (χ0n) is 9.47. The zero-order chi connectivity index (χ0) is 12.3. The molecule has 0 saturated carbocycles. The lowest BCUT2D eigenvalue weighted by atomic mass is 10.1. The standard InChI is InChI=1S/C13H13Br2NO/c1-2-9-3-5-10(6-4-9)16-8-11-7-12(14)13(15)17-11/h3-7,16H,2,8H2,1H3. The first-order valence-corrected chi connectivity index (χ1v) is 7.04. The van der Waals surface area contributed by atoms with E-state index < -0.39 is 0 Å². The van der Waals surface area contributed by atoms with Gasteiger partial charge in [-0.15, -0.1) is 0 Å². The second-order valence-electron chi connectivity index (χ2n) is 3.74. The van der Waals surface area contributed by atoms with Crippen molar-refractivity contribution in [3.05, 3.63) is 50.8 Å². The number of benzene rings is 1. The third-order valence-corrected chi connectivity index (χ3v) is 4.24. The summed E-state index contributed by atoms with van der Waals surface area (Å²) in [5, 5.41) is 3.32. The lowest BCUT2D eigenvalue weighted by molar-refractivity contribution is 0.494. The van der Waals surface area contributed by atoms with Crippen molar-refractivity contribution >= 4 is 37.5 Å². The number of nitrogens with one attached hydrogen (secondary N) is 1. The van der Waals surface area contributed by atoms with Crippen LogP contribution < -0.4 is 5.32 Å². The number of hydrogen-bond donors (Lipinski definition) is 1. The Kier molecular flexibility index (Phi) is 4.29. The van der Waals surface area contributed by atoms with Crippen LogP contribution in [0.1, 0.15) is 18.2 Å². The number of furan rings is 1.